The number of halogens is 1. The Balaban J connectivity index is 0.00000361. The molecule has 0 spiro atoms. The van der Waals surface area contributed by atoms with Gasteiger partial charge in [-0.1, -0.05) is 18.7 Å². The van der Waals surface area contributed by atoms with Crippen molar-refractivity contribution < 1.29 is 35.8 Å². The number of rotatable bonds is 8. The molecule has 0 fully saturated rings. The molecular weight excluding hydrogens is 478 g/mol. The van der Waals surface area contributed by atoms with Crippen LogP contribution in [0.4, 0.5) is 5.69 Å². The molecule has 0 radical (unpaired) electrons. The number of benzene rings is 3. The standard InChI is InChI=1S/C29H30NO5.ClH/c1-18(19-8-10-21(11-9-19)30(2)3)24-17-25(35-26-16-22(31-4)12-13-23(24)26)20-14-27(32-5)29(34-7)28(15-20)33-6;/h8-17H,1H2,2-7H3;1H/q+1;/p-1. The molecule has 3 aromatic carbocycles. The molecule has 0 saturated carbocycles. The summed E-state index contributed by atoms with van der Waals surface area (Å²) in [5, 5.41) is 0.934. The van der Waals surface area contributed by atoms with Crippen LogP contribution in [-0.4, -0.2) is 42.5 Å². The lowest BCUT2D eigenvalue weighted by atomic mass is 9.95. The maximum atomic E-state index is 6.36. The largest absolute Gasteiger partial charge is 1.00 e. The molecule has 0 aliphatic rings. The molecule has 0 atom stereocenters. The number of ether oxygens (including phenoxy) is 4. The Morgan fingerprint density at radius 2 is 1.42 bits per heavy atom. The zero-order chi connectivity index (χ0) is 25.1. The lowest BCUT2D eigenvalue weighted by molar-refractivity contribution is -0.00000861. The molecule has 0 unspecified atom stereocenters. The summed E-state index contributed by atoms with van der Waals surface area (Å²) in [4.78, 5) is 2.07. The highest BCUT2D eigenvalue weighted by Gasteiger charge is 2.25. The first-order valence-corrected chi connectivity index (χ1v) is 11.1. The quantitative estimate of drug-likeness (QED) is 0.340. The summed E-state index contributed by atoms with van der Waals surface area (Å²) in [7, 11) is 10.4. The van der Waals surface area contributed by atoms with Crippen molar-refractivity contribution in [2.24, 2.45) is 0 Å². The molecule has 0 bridgehead atoms. The van der Waals surface area contributed by atoms with Gasteiger partial charge in [0, 0.05) is 37.5 Å². The Morgan fingerprint density at radius 1 is 0.778 bits per heavy atom. The molecule has 4 aromatic rings. The van der Waals surface area contributed by atoms with Crippen molar-refractivity contribution in [2.75, 3.05) is 47.4 Å². The number of nitrogens with zero attached hydrogens (tertiary/aromatic N) is 1. The van der Waals surface area contributed by atoms with Crippen LogP contribution in [0.5, 0.6) is 23.0 Å². The number of hydrogen-bond acceptors (Lipinski definition) is 5. The van der Waals surface area contributed by atoms with Crippen LogP contribution in [0, 0.1) is 0 Å². The van der Waals surface area contributed by atoms with Gasteiger partial charge in [-0.25, -0.2) is 4.42 Å². The SMILES string of the molecule is C=C(c1ccc(N(C)C)cc1)c1cc(-c2cc(OC)c(OC)c(OC)c2)[o+]c2cc(OC)ccc12.[Cl-]. The van der Waals surface area contributed by atoms with E-state index in [1.807, 2.05) is 50.5 Å². The highest BCUT2D eigenvalue weighted by molar-refractivity contribution is 5.96. The monoisotopic (exact) mass is 507 g/mol. The molecule has 0 amide bonds. The number of fused-ring (bicyclic) bond motifs is 1. The van der Waals surface area contributed by atoms with Crippen LogP contribution in [0.15, 0.2) is 71.7 Å². The van der Waals surface area contributed by atoms with Crippen molar-refractivity contribution in [3.8, 4) is 34.3 Å². The van der Waals surface area contributed by atoms with E-state index in [-0.39, 0.29) is 12.4 Å². The van der Waals surface area contributed by atoms with Crippen molar-refractivity contribution >= 4 is 22.2 Å². The van der Waals surface area contributed by atoms with Crippen LogP contribution in [0.3, 0.4) is 0 Å². The maximum Gasteiger partial charge on any atom is 0.365 e. The van der Waals surface area contributed by atoms with Crippen LogP contribution < -0.4 is 36.3 Å². The van der Waals surface area contributed by atoms with Gasteiger partial charge in [0.25, 0.3) is 0 Å². The Bertz CT molecular complexity index is 1360. The molecule has 4 rings (SSSR count). The Labute approximate surface area is 218 Å². The summed E-state index contributed by atoms with van der Waals surface area (Å²) in [6, 6.07) is 19.8. The highest BCUT2D eigenvalue weighted by Crippen LogP contribution is 2.43. The van der Waals surface area contributed by atoms with Gasteiger partial charge in [-0.15, -0.1) is 0 Å². The van der Waals surface area contributed by atoms with Gasteiger partial charge in [-0.05, 0) is 35.4 Å². The average molecular weight is 508 g/mol. The Morgan fingerprint density at radius 3 is 1.94 bits per heavy atom. The molecule has 6 nitrogen and oxygen atoms in total. The van der Waals surface area contributed by atoms with Gasteiger partial charge in [0.05, 0.1) is 51.5 Å². The van der Waals surface area contributed by atoms with Crippen molar-refractivity contribution in [1.29, 1.82) is 0 Å². The van der Waals surface area contributed by atoms with Crippen LogP contribution >= 0.6 is 0 Å². The smallest absolute Gasteiger partial charge is 0.365 e. The fourth-order valence-electron chi connectivity index (χ4n) is 4.02. The van der Waals surface area contributed by atoms with Crippen molar-refractivity contribution in [3.05, 3.63) is 78.4 Å². The summed E-state index contributed by atoms with van der Waals surface area (Å²) >= 11 is 0. The summed E-state index contributed by atoms with van der Waals surface area (Å²) in [6.07, 6.45) is 0. The summed E-state index contributed by atoms with van der Waals surface area (Å²) in [5.41, 5.74) is 5.44. The number of anilines is 1. The third kappa shape index (κ3) is 5.04. The molecule has 0 aliphatic carbocycles. The van der Waals surface area contributed by atoms with Gasteiger partial charge in [0.15, 0.2) is 11.5 Å². The average Bonchev–Trinajstić information content (AvgIpc) is 2.90. The summed E-state index contributed by atoms with van der Waals surface area (Å²) < 4.78 is 28.4. The van der Waals surface area contributed by atoms with Crippen molar-refractivity contribution in [1.82, 2.24) is 0 Å². The summed E-state index contributed by atoms with van der Waals surface area (Å²) in [6.45, 7) is 4.44. The van der Waals surface area contributed by atoms with Gasteiger partial charge < -0.3 is 36.3 Å². The second kappa shape index (κ2) is 11.2. The van der Waals surface area contributed by atoms with E-state index in [2.05, 4.69) is 35.7 Å². The first kappa shape index (κ1) is 26.7. The lowest BCUT2D eigenvalue weighted by Gasteiger charge is -2.14. The molecule has 188 valence electrons. The Hall–Kier alpha value is -3.90. The minimum absolute atomic E-state index is 0. The maximum absolute atomic E-state index is 6.36. The van der Waals surface area contributed by atoms with Crippen molar-refractivity contribution in [2.45, 2.75) is 0 Å². The molecule has 36 heavy (non-hydrogen) atoms. The lowest BCUT2D eigenvalue weighted by Crippen LogP contribution is -3.00. The van der Waals surface area contributed by atoms with Gasteiger partial charge in [0.1, 0.15) is 5.75 Å². The van der Waals surface area contributed by atoms with Gasteiger partial charge in [0.2, 0.25) is 5.75 Å². The van der Waals surface area contributed by atoms with Crippen LogP contribution in [0.25, 0.3) is 27.9 Å². The molecule has 0 N–H and O–H groups in total. The van der Waals surface area contributed by atoms with Crippen molar-refractivity contribution in [3.63, 3.8) is 0 Å². The fourth-order valence-corrected chi connectivity index (χ4v) is 4.02. The van der Waals surface area contributed by atoms with E-state index >= 15 is 0 Å². The van der Waals surface area contributed by atoms with E-state index in [1.54, 1.807) is 28.4 Å². The zero-order valence-electron chi connectivity index (χ0n) is 21.3. The zero-order valence-corrected chi connectivity index (χ0v) is 22.1. The second-order valence-electron chi connectivity index (χ2n) is 8.22. The van der Waals surface area contributed by atoms with E-state index in [0.717, 1.165) is 33.3 Å². The van der Waals surface area contributed by atoms with Crippen LogP contribution in [0.1, 0.15) is 11.1 Å². The Kier molecular flexibility index (Phi) is 8.33. The number of hydrogen-bond donors (Lipinski definition) is 0. The normalized spacial score (nSPS) is 10.4. The van der Waals surface area contributed by atoms with E-state index < -0.39 is 0 Å². The fraction of sp³-hybridized carbons (Fsp3) is 0.207. The minimum Gasteiger partial charge on any atom is -1.00 e. The molecular formula is C29H30ClNO5. The molecule has 0 saturated heterocycles. The van der Waals surface area contributed by atoms with E-state index in [9.17, 15) is 0 Å². The number of methoxy groups -OCH3 is 4. The molecule has 1 heterocycles. The first-order valence-electron chi connectivity index (χ1n) is 11.1. The minimum atomic E-state index is 0. The molecule has 0 aliphatic heterocycles. The second-order valence-corrected chi connectivity index (χ2v) is 8.22. The van der Waals surface area contributed by atoms with Gasteiger partial charge in [-0.3, -0.25) is 0 Å². The van der Waals surface area contributed by atoms with Gasteiger partial charge in [-0.2, -0.15) is 0 Å². The molecule has 1 aromatic heterocycles. The van der Waals surface area contributed by atoms with Gasteiger partial charge >= 0.3 is 11.3 Å². The third-order valence-electron chi connectivity index (χ3n) is 5.98. The first-order chi connectivity index (χ1) is 16.9. The predicted molar refractivity (Wildman–Crippen MR) is 141 cm³/mol. The third-order valence-corrected chi connectivity index (χ3v) is 5.98. The van der Waals surface area contributed by atoms with Crippen LogP contribution in [-0.2, 0) is 0 Å². The topological polar surface area (TPSA) is 51.5 Å². The van der Waals surface area contributed by atoms with E-state index in [0.29, 0.717) is 34.3 Å². The molecule has 7 heteroatoms. The highest BCUT2D eigenvalue weighted by atomic mass is 35.5. The van der Waals surface area contributed by atoms with E-state index in [4.69, 9.17) is 23.4 Å². The summed E-state index contributed by atoms with van der Waals surface area (Å²) in [5.74, 6) is 2.94. The van der Waals surface area contributed by atoms with Crippen LogP contribution in [0.2, 0.25) is 0 Å². The van der Waals surface area contributed by atoms with E-state index in [1.165, 1.54) is 0 Å². The predicted octanol–water partition coefficient (Wildman–Crippen LogP) is 3.55.